The van der Waals surface area contributed by atoms with E-state index in [9.17, 15) is 9.18 Å². The third-order valence-corrected chi connectivity index (χ3v) is 8.58. The van der Waals surface area contributed by atoms with Gasteiger partial charge in [-0.1, -0.05) is 0 Å². The van der Waals surface area contributed by atoms with Crippen LogP contribution in [0.2, 0.25) is 0 Å². The summed E-state index contributed by atoms with van der Waals surface area (Å²) >= 11 is 0. The van der Waals surface area contributed by atoms with Gasteiger partial charge in [-0.15, -0.1) is 24.8 Å². The predicted molar refractivity (Wildman–Crippen MR) is 170 cm³/mol. The van der Waals surface area contributed by atoms with Crippen LogP contribution in [0.5, 0.6) is 11.5 Å². The number of hydrogen-bond acceptors (Lipinski definition) is 7. The van der Waals surface area contributed by atoms with Gasteiger partial charge in [-0.05, 0) is 56.5 Å². The van der Waals surface area contributed by atoms with Crippen molar-refractivity contribution >= 4 is 42.1 Å². The molecule has 2 N–H and O–H groups in total. The number of carbonyl (C=O) groups excluding carboxylic acids is 1. The fraction of sp³-hybridized carbons (Fsp3) is 0.581. The molecule has 0 radical (unpaired) electrons. The van der Waals surface area contributed by atoms with Crippen LogP contribution in [0.25, 0.3) is 0 Å². The average Bonchev–Trinajstić information content (AvgIpc) is 3.51. The Morgan fingerprint density at radius 2 is 1.52 bits per heavy atom. The molecule has 1 amide bonds. The summed E-state index contributed by atoms with van der Waals surface area (Å²) in [6, 6.07) is 10.9. The Hall–Kier alpha value is -2.46. The summed E-state index contributed by atoms with van der Waals surface area (Å²) in [7, 11) is 0. The van der Waals surface area contributed by atoms with Crippen LogP contribution in [0.15, 0.2) is 36.4 Å². The molecule has 8 nitrogen and oxygen atoms in total. The minimum Gasteiger partial charge on any atom is -0.490 e. The lowest BCUT2D eigenvalue weighted by atomic mass is 10.0. The van der Waals surface area contributed by atoms with E-state index in [0.29, 0.717) is 24.4 Å². The van der Waals surface area contributed by atoms with Crippen molar-refractivity contribution in [1.82, 2.24) is 15.5 Å². The van der Waals surface area contributed by atoms with Gasteiger partial charge in [0.15, 0.2) is 0 Å². The van der Waals surface area contributed by atoms with Crippen LogP contribution in [0.4, 0.5) is 15.8 Å². The minimum atomic E-state index is -0.278. The summed E-state index contributed by atoms with van der Waals surface area (Å²) in [4.78, 5) is 20.1. The van der Waals surface area contributed by atoms with Gasteiger partial charge in [0.1, 0.15) is 29.5 Å². The maximum absolute atomic E-state index is 14.4. The third-order valence-electron chi connectivity index (χ3n) is 8.58. The van der Waals surface area contributed by atoms with Crippen molar-refractivity contribution in [2.45, 2.75) is 50.7 Å². The number of nitrogens with one attached hydrogen (secondary N) is 2. The molecule has 0 aliphatic carbocycles. The van der Waals surface area contributed by atoms with Crippen molar-refractivity contribution < 1.29 is 18.7 Å². The van der Waals surface area contributed by atoms with Gasteiger partial charge < -0.3 is 34.8 Å². The van der Waals surface area contributed by atoms with Gasteiger partial charge >= 0.3 is 0 Å². The van der Waals surface area contributed by atoms with Gasteiger partial charge in [0.2, 0.25) is 0 Å². The van der Waals surface area contributed by atoms with Crippen LogP contribution in [-0.4, -0.2) is 88.5 Å². The Morgan fingerprint density at radius 3 is 2.24 bits per heavy atom. The number of hydrogen-bond donors (Lipinski definition) is 2. The molecular weight excluding hydrogens is 580 g/mol. The quantitative estimate of drug-likeness (QED) is 0.471. The van der Waals surface area contributed by atoms with Gasteiger partial charge in [-0.2, -0.15) is 0 Å². The molecule has 0 unspecified atom stereocenters. The highest BCUT2D eigenvalue weighted by molar-refractivity contribution is 5.95. The van der Waals surface area contributed by atoms with Crippen molar-refractivity contribution in [2.24, 2.45) is 0 Å². The predicted octanol–water partition coefficient (Wildman–Crippen LogP) is 4.49. The van der Waals surface area contributed by atoms with Gasteiger partial charge in [0.05, 0.1) is 5.69 Å². The van der Waals surface area contributed by atoms with E-state index in [1.54, 1.807) is 6.07 Å². The summed E-state index contributed by atoms with van der Waals surface area (Å²) in [5.41, 5.74) is 2.62. The molecule has 4 aliphatic rings. The molecule has 0 saturated carbocycles. The van der Waals surface area contributed by atoms with Crippen LogP contribution < -0.4 is 29.9 Å². The van der Waals surface area contributed by atoms with Gasteiger partial charge in [0, 0.05) is 95.1 Å². The Labute approximate surface area is 261 Å². The second kappa shape index (κ2) is 15.3. The highest BCUT2D eigenvalue weighted by atomic mass is 35.5. The van der Waals surface area contributed by atoms with E-state index < -0.39 is 0 Å². The smallest absolute Gasteiger partial charge is 0.253 e. The molecule has 0 bridgehead atoms. The van der Waals surface area contributed by atoms with Crippen LogP contribution in [0.1, 0.15) is 48.9 Å². The number of piperazine rings is 1. The summed E-state index contributed by atoms with van der Waals surface area (Å²) in [6.07, 6.45) is 6.17. The molecule has 6 rings (SSSR count). The standard InChI is InChI=1S/C31H42FN5O3.2ClH/c32-24-19-25(35-16-10-33-11-17-35)21-28(20-24)39-26-7-14-37(15-8-26)31(38)23-4-5-30(40-27-6-9-34-22-27)29(18-23)36-12-2-1-3-13-36;;/h4-5,18-21,26-27,33-34H,1-3,6-17,22H2;2*1H/t27-;;/m0../s1. The molecule has 4 aliphatic heterocycles. The third kappa shape index (κ3) is 7.92. The normalized spacial score (nSPS) is 21.4. The molecule has 4 heterocycles. The first-order chi connectivity index (χ1) is 19.6. The van der Waals surface area contributed by atoms with Crippen molar-refractivity contribution in [1.29, 1.82) is 0 Å². The van der Waals surface area contributed by atoms with E-state index in [0.717, 1.165) is 102 Å². The lowest BCUT2D eigenvalue weighted by molar-refractivity contribution is 0.0595. The van der Waals surface area contributed by atoms with Gasteiger partial charge in [-0.3, -0.25) is 4.79 Å². The molecule has 2 aromatic rings. The average molecular weight is 625 g/mol. The van der Waals surface area contributed by atoms with Crippen LogP contribution in [0.3, 0.4) is 0 Å². The van der Waals surface area contributed by atoms with E-state index >= 15 is 0 Å². The minimum absolute atomic E-state index is 0. The van der Waals surface area contributed by atoms with Gasteiger partial charge in [-0.25, -0.2) is 4.39 Å². The Kier molecular flexibility index (Phi) is 11.8. The number of halogens is 3. The number of nitrogens with zero attached hydrogens (tertiary/aromatic N) is 3. The monoisotopic (exact) mass is 623 g/mol. The zero-order valence-corrected chi connectivity index (χ0v) is 25.8. The van der Waals surface area contributed by atoms with Crippen LogP contribution in [0, 0.1) is 5.82 Å². The van der Waals surface area contributed by atoms with Crippen molar-refractivity contribution in [3.8, 4) is 11.5 Å². The molecule has 4 fully saturated rings. The lowest BCUT2D eigenvalue weighted by Gasteiger charge is -2.34. The maximum atomic E-state index is 14.4. The molecule has 232 valence electrons. The van der Waals surface area contributed by atoms with Crippen LogP contribution >= 0.6 is 24.8 Å². The summed E-state index contributed by atoms with van der Waals surface area (Å²) in [5.74, 6) is 1.23. The number of amides is 1. The molecule has 42 heavy (non-hydrogen) atoms. The Morgan fingerprint density at radius 1 is 0.762 bits per heavy atom. The Bertz CT molecular complexity index is 1170. The molecule has 0 spiro atoms. The zero-order valence-electron chi connectivity index (χ0n) is 24.2. The molecule has 1 atom stereocenters. The molecule has 2 aromatic carbocycles. The second-order valence-corrected chi connectivity index (χ2v) is 11.5. The highest BCUT2D eigenvalue weighted by Gasteiger charge is 2.27. The SMILES string of the molecule is Cl.Cl.O=C(c1ccc(O[C@H]2CCNC2)c(N2CCCCC2)c1)N1CCC(Oc2cc(F)cc(N3CCNCC3)c2)CC1. The van der Waals surface area contributed by atoms with Crippen molar-refractivity contribution in [2.75, 3.05) is 75.2 Å². The fourth-order valence-electron chi connectivity index (χ4n) is 6.31. The first-order valence-corrected chi connectivity index (χ1v) is 15.1. The fourth-order valence-corrected chi connectivity index (χ4v) is 6.31. The van der Waals surface area contributed by atoms with E-state index in [-0.39, 0.29) is 48.7 Å². The summed E-state index contributed by atoms with van der Waals surface area (Å²) in [6.45, 7) is 8.58. The highest BCUT2D eigenvalue weighted by Crippen LogP contribution is 2.34. The molecule has 0 aromatic heterocycles. The largest absolute Gasteiger partial charge is 0.490 e. The number of carbonyl (C=O) groups is 1. The number of likely N-dealkylation sites (tertiary alicyclic amines) is 1. The first-order valence-electron chi connectivity index (χ1n) is 15.1. The van der Waals surface area contributed by atoms with Crippen molar-refractivity contribution in [3.05, 3.63) is 47.8 Å². The van der Waals surface area contributed by atoms with E-state index in [1.807, 2.05) is 29.2 Å². The Balaban J connectivity index is 0.00000202. The van der Waals surface area contributed by atoms with E-state index in [4.69, 9.17) is 9.47 Å². The van der Waals surface area contributed by atoms with Crippen molar-refractivity contribution in [3.63, 3.8) is 0 Å². The molecule has 11 heteroatoms. The second-order valence-electron chi connectivity index (χ2n) is 11.5. The van der Waals surface area contributed by atoms with E-state index in [2.05, 4.69) is 20.4 Å². The summed E-state index contributed by atoms with van der Waals surface area (Å²) in [5, 5.41) is 6.70. The number of rotatable bonds is 7. The number of anilines is 2. The topological polar surface area (TPSA) is 69.3 Å². The zero-order chi connectivity index (χ0) is 27.3. The number of benzene rings is 2. The number of ether oxygens (including phenoxy) is 2. The summed E-state index contributed by atoms with van der Waals surface area (Å²) < 4.78 is 27.0. The first kappa shape index (κ1) is 32.5. The van der Waals surface area contributed by atoms with Crippen LogP contribution in [-0.2, 0) is 0 Å². The number of piperidine rings is 2. The maximum Gasteiger partial charge on any atom is 0.253 e. The van der Waals surface area contributed by atoms with Gasteiger partial charge in [0.25, 0.3) is 5.91 Å². The van der Waals surface area contributed by atoms with E-state index in [1.165, 1.54) is 12.5 Å². The molecule has 4 saturated heterocycles. The molecular formula is C31H44Cl2FN5O3. The lowest BCUT2D eigenvalue weighted by Crippen LogP contribution is -2.43.